The molecule has 0 bridgehead atoms. The van der Waals surface area contributed by atoms with E-state index in [1.54, 1.807) is 31.2 Å². The average molecular weight is 438 g/mol. The first kappa shape index (κ1) is 21.5. The highest BCUT2D eigenvalue weighted by molar-refractivity contribution is 6.05. The molecule has 0 radical (unpaired) electrons. The van der Waals surface area contributed by atoms with Gasteiger partial charge in [-0.2, -0.15) is 9.97 Å². The van der Waals surface area contributed by atoms with Crippen LogP contribution in [0.4, 0.5) is 23.3 Å². The molecule has 2 amide bonds. The maximum atomic E-state index is 13.0. The molecule has 1 unspecified atom stereocenters. The van der Waals surface area contributed by atoms with Crippen LogP contribution in [0.5, 0.6) is 0 Å². The first-order chi connectivity index (χ1) is 15.5. The summed E-state index contributed by atoms with van der Waals surface area (Å²) in [6.07, 6.45) is 3.20. The Morgan fingerprint density at radius 2 is 1.91 bits per heavy atom. The summed E-state index contributed by atoms with van der Waals surface area (Å²) in [5.74, 6) is -1.02. The van der Waals surface area contributed by atoms with Gasteiger partial charge in [0.2, 0.25) is 17.8 Å². The zero-order valence-corrected chi connectivity index (χ0v) is 17.9. The van der Waals surface area contributed by atoms with Crippen molar-refractivity contribution in [3.63, 3.8) is 0 Å². The minimum Gasteiger partial charge on any atom is -0.462 e. The fourth-order valence-electron chi connectivity index (χ4n) is 3.98. The van der Waals surface area contributed by atoms with Gasteiger partial charge in [-0.3, -0.25) is 9.59 Å². The van der Waals surface area contributed by atoms with E-state index in [9.17, 15) is 14.4 Å². The van der Waals surface area contributed by atoms with Gasteiger partial charge in [0.05, 0.1) is 23.7 Å². The number of hydrogen-bond donors (Lipinski definition) is 3. The van der Waals surface area contributed by atoms with Crippen LogP contribution in [-0.4, -0.2) is 47.4 Å². The number of esters is 1. The van der Waals surface area contributed by atoms with Gasteiger partial charge in [-0.05, 0) is 50.5 Å². The van der Waals surface area contributed by atoms with E-state index in [1.165, 1.54) is 0 Å². The van der Waals surface area contributed by atoms with Gasteiger partial charge >= 0.3 is 5.97 Å². The first-order valence-electron chi connectivity index (χ1n) is 10.8. The number of anilines is 4. The zero-order valence-electron chi connectivity index (χ0n) is 17.9. The quantitative estimate of drug-likeness (QED) is 0.604. The first-order valence-corrected chi connectivity index (χ1v) is 10.8. The number of fused-ring (bicyclic) bond motifs is 1. The van der Waals surface area contributed by atoms with Crippen LogP contribution in [-0.2, 0) is 14.3 Å². The lowest BCUT2D eigenvalue weighted by atomic mass is 9.91. The second kappa shape index (κ2) is 9.21. The van der Waals surface area contributed by atoms with Crippen LogP contribution in [0.3, 0.4) is 0 Å². The number of hydrogen-bond acceptors (Lipinski definition) is 8. The van der Waals surface area contributed by atoms with Crippen molar-refractivity contribution in [1.82, 2.24) is 9.97 Å². The van der Waals surface area contributed by atoms with Gasteiger partial charge in [0.15, 0.2) is 0 Å². The summed E-state index contributed by atoms with van der Waals surface area (Å²) in [4.78, 5) is 48.1. The predicted octanol–water partition coefficient (Wildman–Crippen LogP) is 2.29. The average Bonchev–Trinajstić information content (AvgIpc) is 2.79. The number of nitrogens with zero attached hydrogens (tertiary/aromatic N) is 3. The van der Waals surface area contributed by atoms with Crippen molar-refractivity contribution in [3.8, 4) is 0 Å². The van der Waals surface area contributed by atoms with Crippen molar-refractivity contribution >= 4 is 41.1 Å². The molecule has 0 saturated carbocycles. The number of amides is 2. The van der Waals surface area contributed by atoms with E-state index >= 15 is 0 Å². The van der Waals surface area contributed by atoms with Gasteiger partial charge in [0.25, 0.3) is 0 Å². The van der Waals surface area contributed by atoms with E-state index in [-0.39, 0.29) is 30.6 Å². The van der Waals surface area contributed by atoms with Gasteiger partial charge in [0, 0.05) is 25.2 Å². The molecule has 4 N–H and O–H groups in total. The van der Waals surface area contributed by atoms with Gasteiger partial charge in [-0.1, -0.05) is 0 Å². The van der Waals surface area contributed by atoms with Crippen molar-refractivity contribution in [2.24, 2.45) is 0 Å². The van der Waals surface area contributed by atoms with Crippen LogP contribution in [0.25, 0.3) is 0 Å². The topological polar surface area (TPSA) is 140 Å². The normalized spacial score (nSPS) is 17.8. The molecular weight excluding hydrogens is 412 g/mol. The zero-order chi connectivity index (χ0) is 22.7. The van der Waals surface area contributed by atoms with Crippen molar-refractivity contribution < 1.29 is 19.1 Å². The Labute approximate surface area is 185 Å². The van der Waals surface area contributed by atoms with Crippen LogP contribution >= 0.6 is 0 Å². The van der Waals surface area contributed by atoms with E-state index in [4.69, 9.17) is 10.5 Å². The predicted molar refractivity (Wildman–Crippen MR) is 120 cm³/mol. The van der Waals surface area contributed by atoms with E-state index in [2.05, 4.69) is 20.6 Å². The SMILES string of the molecule is CCOC(=O)c1ccc(NC(=O)C2CC(=O)Nc3nc(N4CCCCC4)nc(N)c32)cc1. The highest BCUT2D eigenvalue weighted by atomic mass is 16.5. The number of rotatable bonds is 5. The molecule has 10 heteroatoms. The number of carbonyl (C=O) groups excluding carboxylic acids is 3. The number of ether oxygens (including phenoxy) is 1. The molecule has 0 spiro atoms. The molecule has 2 aliphatic heterocycles. The Morgan fingerprint density at radius 3 is 2.59 bits per heavy atom. The molecule has 3 heterocycles. The molecule has 2 aromatic rings. The third-order valence-corrected chi connectivity index (χ3v) is 5.58. The maximum absolute atomic E-state index is 13.0. The minimum atomic E-state index is -0.820. The van der Waals surface area contributed by atoms with Gasteiger partial charge in [-0.15, -0.1) is 0 Å². The number of nitrogens with two attached hydrogens (primary N) is 1. The third-order valence-electron chi connectivity index (χ3n) is 5.58. The van der Waals surface area contributed by atoms with Gasteiger partial charge < -0.3 is 26.0 Å². The van der Waals surface area contributed by atoms with E-state index in [0.717, 1.165) is 32.4 Å². The minimum absolute atomic E-state index is 0.0592. The molecule has 10 nitrogen and oxygen atoms in total. The lowest BCUT2D eigenvalue weighted by Crippen LogP contribution is -2.35. The molecule has 1 saturated heterocycles. The molecule has 2 aliphatic rings. The Balaban J connectivity index is 1.55. The fraction of sp³-hybridized carbons (Fsp3) is 0.409. The van der Waals surface area contributed by atoms with Gasteiger partial charge in [0.1, 0.15) is 11.6 Å². The molecule has 1 atom stereocenters. The van der Waals surface area contributed by atoms with E-state index < -0.39 is 17.8 Å². The largest absolute Gasteiger partial charge is 0.462 e. The summed E-state index contributed by atoms with van der Waals surface area (Å²) in [6.45, 7) is 3.68. The number of nitrogens with one attached hydrogen (secondary N) is 2. The van der Waals surface area contributed by atoms with Gasteiger partial charge in [-0.25, -0.2) is 4.79 Å². The molecule has 168 valence electrons. The highest BCUT2D eigenvalue weighted by Crippen LogP contribution is 2.36. The monoisotopic (exact) mass is 438 g/mol. The fourth-order valence-corrected chi connectivity index (χ4v) is 3.98. The third kappa shape index (κ3) is 4.48. The number of carbonyl (C=O) groups is 3. The standard InChI is InChI=1S/C22H26N6O4/c1-2-32-21(31)13-6-8-14(9-7-13)24-20(30)15-12-16(29)25-19-17(15)18(23)26-22(27-19)28-10-4-3-5-11-28/h6-9,15H,2-5,10-12H2,1H3,(H,24,30)(H3,23,25,26,27,29). The van der Waals surface area contributed by atoms with Crippen molar-refractivity contribution in [2.75, 3.05) is 41.0 Å². The molecule has 1 fully saturated rings. The second-order valence-corrected chi connectivity index (χ2v) is 7.81. The number of benzene rings is 1. The highest BCUT2D eigenvalue weighted by Gasteiger charge is 2.35. The summed E-state index contributed by atoms with van der Waals surface area (Å²) < 4.78 is 4.96. The summed E-state index contributed by atoms with van der Waals surface area (Å²) >= 11 is 0. The number of aromatic nitrogens is 2. The molecule has 0 aliphatic carbocycles. The Kier molecular flexibility index (Phi) is 6.20. The number of nitrogen functional groups attached to an aromatic ring is 1. The Bertz CT molecular complexity index is 1030. The van der Waals surface area contributed by atoms with Crippen LogP contribution in [0, 0.1) is 0 Å². The molecule has 32 heavy (non-hydrogen) atoms. The van der Waals surface area contributed by atoms with E-state index in [0.29, 0.717) is 22.8 Å². The lowest BCUT2D eigenvalue weighted by molar-refractivity contribution is -0.123. The smallest absolute Gasteiger partial charge is 0.338 e. The summed E-state index contributed by atoms with van der Waals surface area (Å²) in [5.41, 5.74) is 7.53. The maximum Gasteiger partial charge on any atom is 0.338 e. The van der Waals surface area contributed by atoms with Crippen molar-refractivity contribution in [2.45, 2.75) is 38.5 Å². The Morgan fingerprint density at radius 1 is 1.19 bits per heavy atom. The van der Waals surface area contributed by atoms with Crippen LogP contribution in [0.15, 0.2) is 24.3 Å². The van der Waals surface area contributed by atoms with Crippen molar-refractivity contribution in [1.29, 1.82) is 0 Å². The van der Waals surface area contributed by atoms with Crippen LogP contribution < -0.4 is 21.3 Å². The van der Waals surface area contributed by atoms with E-state index in [1.807, 2.05) is 4.90 Å². The van der Waals surface area contributed by atoms with Crippen LogP contribution in [0.2, 0.25) is 0 Å². The summed E-state index contributed by atoms with van der Waals surface area (Å²) in [7, 11) is 0. The lowest BCUT2D eigenvalue weighted by Gasteiger charge is -2.30. The molecule has 1 aromatic heterocycles. The van der Waals surface area contributed by atoms with Crippen molar-refractivity contribution in [3.05, 3.63) is 35.4 Å². The molecule has 1 aromatic carbocycles. The summed E-state index contributed by atoms with van der Waals surface area (Å²) in [5, 5.41) is 5.52. The van der Waals surface area contributed by atoms with Crippen LogP contribution in [0.1, 0.15) is 54.4 Å². The molecule has 4 rings (SSSR count). The second-order valence-electron chi connectivity index (χ2n) is 7.81. The summed E-state index contributed by atoms with van der Waals surface area (Å²) in [6, 6.07) is 6.34. The Hall–Kier alpha value is -3.69. The molecular formula is C22H26N6O4. The number of piperidine rings is 1.